The van der Waals surface area contributed by atoms with Crippen LogP contribution in [0, 0.1) is 19.7 Å². The highest BCUT2D eigenvalue weighted by molar-refractivity contribution is 6.03. The maximum Gasteiger partial charge on any atom is 0.424 e. The third-order valence-corrected chi connectivity index (χ3v) is 4.30. The van der Waals surface area contributed by atoms with Crippen molar-refractivity contribution >= 4 is 17.6 Å². The number of hydrogen-bond acceptors (Lipinski definition) is 6. The van der Waals surface area contributed by atoms with Crippen LogP contribution in [0.4, 0.5) is 23.4 Å². The summed E-state index contributed by atoms with van der Waals surface area (Å²) in [7, 11) is 0. The molecule has 2 aromatic heterocycles. The average Bonchev–Trinajstić information content (AvgIpc) is 2.67. The number of carbonyl (C=O) groups excluding carboxylic acids is 1. The molecule has 31 heavy (non-hydrogen) atoms. The quantitative estimate of drug-likeness (QED) is 0.387. The molecule has 0 unspecified atom stereocenters. The number of nitrogens with one attached hydrogen (secondary N) is 1. The van der Waals surface area contributed by atoms with Crippen molar-refractivity contribution in [3.05, 3.63) is 46.9 Å². The first-order valence-corrected chi connectivity index (χ1v) is 9.17. The van der Waals surface area contributed by atoms with Gasteiger partial charge in [-0.2, -0.15) is 13.2 Å². The van der Waals surface area contributed by atoms with Gasteiger partial charge in [-0.3, -0.25) is 14.8 Å². The van der Waals surface area contributed by atoms with Gasteiger partial charge < -0.3 is 15.8 Å². The molecule has 168 valence electrons. The second kappa shape index (κ2) is 9.33. The molecular weight excluding hydrogens is 420 g/mol. The minimum atomic E-state index is -4.83. The van der Waals surface area contributed by atoms with E-state index < -0.39 is 35.9 Å². The molecule has 0 aromatic carbocycles. The largest absolute Gasteiger partial charge is 0.424 e. The first-order chi connectivity index (χ1) is 14.4. The van der Waals surface area contributed by atoms with Gasteiger partial charge >= 0.3 is 6.18 Å². The van der Waals surface area contributed by atoms with E-state index >= 15 is 0 Å². The minimum Gasteiger partial charge on any atom is -0.385 e. The standard InChI is InChI=1S/C19H22F4N6O2/c1-5-31-18(4,19(21,22)23)17(24)26-9-13-12(20)6-7-14(28-13)29-16(30)15-11(3)27-10(2)8-25-15/h6-8H,5,9H2,1-4H3,(H2,24,26)(H,28,29,30)/t18-/m1/s1. The smallest absolute Gasteiger partial charge is 0.385 e. The fraction of sp³-hybridized carbons (Fsp3) is 0.421. The summed E-state index contributed by atoms with van der Waals surface area (Å²) in [5, 5.41) is 2.44. The Bertz CT molecular complexity index is 996. The van der Waals surface area contributed by atoms with E-state index in [0.717, 1.165) is 13.0 Å². The van der Waals surface area contributed by atoms with E-state index in [2.05, 4.69) is 25.3 Å². The molecule has 1 atom stereocenters. The Hall–Kier alpha value is -3.15. The van der Waals surface area contributed by atoms with Crippen LogP contribution in [0.1, 0.15) is 41.4 Å². The van der Waals surface area contributed by atoms with Gasteiger partial charge in [-0.25, -0.2) is 14.4 Å². The molecule has 2 rings (SSSR count). The molecule has 3 N–H and O–H groups in total. The molecule has 0 aliphatic heterocycles. The molecule has 0 spiro atoms. The molecule has 2 heterocycles. The number of aliphatic imine (C=N–C) groups is 1. The van der Waals surface area contributed by atoms with Crippen LogP contribution in [0.25, 0.3) is 0 Å². The second-order valence-corrected chi connectivity index (χ2v) is 6.69. The molecule has 0 aliphatic rings. The number of nitrogens with two attached hydrogens (primary N) is 1. The van der Waals surface area contributed by atoms with E-state index in [4.69, 9.17) is 10.5 Å². The average molecular weight is 442 g/mol. The summed E-state index contributed by atoms with van der Waals surface area (Å²) in [5.41, 5.74) is 3.45. The number of rotatable bonds is 7. The zero-order valence-corrected chi connectivity index (χ0v) is 17.3. The highest BCUT2D eigenvalue weighted by atomic mass is 19.4. The summed E-state index contributed by atoms with van der Waals surface area (Å²) in [4.78, 5) is 28.1. The maximum absolute atomic E-state index is 14.1. The number of hydrogen-bond donors (Lipinski definition) is 2. The summed E-state index contributed by atoms with van der Waals surface area (Å²) in [5.74, 6) is -2.37. The first-order valence-electron chi connectivity index (χ1n) is 9.17. The first kappa shape index (κ1) is 24.1. The number of alkyl halides is 3. The van der Waals surface area contributed by atoms with E-state index in [-0.39, 0.29) is 23.8 Å². The lowest BCUT2D eigenvalue weighted by molar-refractivity contribution is -0.240. The molecule has 0 bridgehead atoms. The number of nitrogens with zero attached hydrogens (tertiary/aromatic N) is 4. The van der Waals surface area contributed by atoms with Crippen LogP contribution >= 0.6 is 0 Å². The number of pyridine rings is 1. The molecular formula is C19H22F4N6O2. The van der Waals surface area contributed by atoms with Crippen LogP contribution in [-0.4, -0.2) is 45.1 Å². The highest BCUT2D eigenvalue weighted by Gasteiger charge is 2.55. The predicted octanol–water partition coefficient (Wildman–Crippen LogP) is 3.09. The van der Waals surface area contributed by atoms with E-state index in [9.17, 15) is 22.4 Å². The molecule has 12 heteroatoms. The maximum atomic E-state index is 14.1. The van der Waals surface area contributed by atoms with Gasteiger partial charge in [0.1, 0.15) is 23.2 Å². The monoisotopic (exact) mass is 442 g/mol. The molecule has 0 fully saturated rings. The van der Waals surface area contributed by atoms with Crippen molar-refractivity contribution in [3.8, 4) is 0 Å². The van der Waals surface area contributed by atoms with Crippen molar-refractivity contribution in [2.45, 2.75) is 46.0 Å². The molecule has 2 aromatic rings. The van der Waals surface area contributed by atoms with Gasteiger partial charge in [0.25, 0.3) is 5.91 Å². The van der Waals surface area contributed by atoms with Crippen LogP contribution in [0.2, 0.25) is 0 Å². The molecule has 8 nitrogen and oxygen atoms in total. The summed E-state index contributed by atoms with van der Waals surface area (Å²) in [6, 6.07) is 2.20. The lowest BCUT2D eigenvalue weighted by Crippen LogP contribution is -2.55. The summed E-state index contributed by atoms with van der Waals surface area (Å²) >= 11 is 0. The topological polar surface area (TPSA) is 115 Å². The van der Waals surface area contributed by atoms with Crippen molar-refractivity contribution in [1.29, 1.82) is 0 Å². The normalized spacial score (nSPS) is 14.3. The Morgan fingerprint density at radius 2 is 1.94 bits per heavy atom. The lowest BCUT2D eigenvalue weighted by Gasteiger charge is -2.31. The summed E-state index contributed by atoms with van der Waals surface area (Å²) < 4.78 is 58.9. The number of anilines is 1. The number of aromatic nitrogens is 3. The van der Waals surface area contributed by atoms with Crippen LogP contribution in [-0.2, 0) is 11.3 Å². The second-order valence-electron chi connectivity index (χ2n) is 6.69. The molecule has 0 aliphatic carbocycles. The zero-order chi connectivity index (χ0) is 23.4. The van der Waals surface area contributed by atoms with Crippen LogP contribution in [0.15, 0.2) is 23.3 Å². The summed E-state index contributed by atoms with van der Waals surface area (Å²) in [6.07, 6.45) is -3.41. The van der Waals surface area contributed by atoms with E-state index in [1.165, 1.54) is 19.2 Å². The number of carbonyl (C=O) groups is 1. The molecule has 0 saturated carbocycles. The van der Waals surface area contributed by atoms with Gasteiger partial charge in [-0.15, -0.1) is 0 Å². The Morgan fingerprint density at radius 1 is 1.26 bits per heavy atom. The zero-order valence-electron chi connectivity index (χ0n) is 17.3. The number of halogens is 4. The van der Waals surface area contributed by atoms with Gasteiger partial charge in [0.2, 0.25) is 5.60 Å². The highest BCUT2D eigenvalue weighted by Crippen LogP contribution is 2.33. The molecule has 0 radical (unpaired) electrons. The Labute approximate surface area is 176 Å². The molecule has 1 amide bonds. The van der Waals surface area contributed by atoms with Gasteiger partial charge in [0.15, 0.2) is 0 Å². The number of ether oxygens (including phenoxy) is 1. The van der Waals surface area contributed by atoms with Crippen molar-refractivity contribution in [2.24, 2.45) is 10.7 Å². The van der Waals surface area contributed by atoms with Gasteiger partial charge in [-0.05, 0) is 39.8 Å². The lowest BCUT2D eigenvalue weighted by atomic mass is 10.1. The minimum absolute atomic E-state index is 0.0414. The van der Waals surface area contributed by atoms with E-state index in [1.54, 1.807) is 13.8 Å². The predicted molar refractivity (Wildman–Crippen MR) is 105 cm³/mol. The Balaban J connectivity index is 2.24. The number of amidine groups is 1. The molecule has 0 saturated heterocycles. The third-order valence-electron chi connectivity index (χ3n) is 4.30. The van der Waals surface area contributed by atoms with Crippen LogP contribution < -0.4 is 11.1 Å². The van der Waals surface area contributed by atoms with E-state index in [0.29, 0.717) is 11.4 Å². The van der Waals surface area contributed by atoms with E-state index in [1.807, 2.05) is 0 Å². The van der Waals surface area contributed by atoms with Crippen molar-refractivity contribution in [1.82, 2.24) is 15.0 Å². The third kappa shape index (κ3) is 5.51. The van der Waals surface area contributed by atoms with Crippen molar-refractivity contribution in [2.75, 3.05) is 11.9 Å². The fourth-order valence-corrected chi connectivity index (χ4v) is 2.56. The van der Waals surface area contributed by atoms with Crippen molar-refractivity contribution < 1.29 is 27.1 Å². The van der Waals surface area contributed by atoms with Crippen LogP contribution in [0.3, 0.4) is 0 Å². The Kier molecular flexibility index (Phi) is 7.26. The SMILES string of the molecule is CCO[C@](C)(C(N)=NCc1nc(NC(=O)c2ncc(C)nc2C)ccc1F)C(F)(F)F. The van der Waals surface area contributed by atoms with Gasteiger partial charge in [0, 0.05) is 12.8 Å². The van der Waals surface area contributed by atoms with Crippen molar-refractivity contribution in [3.63, 3.8) is 0 Å². The van der Waals surface area contributed by atoms with Crippen LogP contribution in [0.5, 0.6) is 0 Å². The summed E-state index contributed by atoms with van der Waals surface area (Å²) in [6.45, 7) is 4.58. The fourth-order valence-electron chi connectivity index (χ4n) is 2.56. The van der Waals surface area contributed by atoms with Gasteiger partial charge in [0.05, 0.1) is 23.6 Å². The van der Waals surface area contributed by atoms with Gasteiger partial charge in [-0.1, -0.05) is 0 Å². The number of amides is 1. The Morgan fingerprint density at radius 3 is 2.52 bits per heavy atom. The number of aryl methyl sites for hydroxylation is 2.